The van der Waals surface area contributed by atoms with Crippen molar-refractivity contribution in [2.75, 3.05) is 18.9 Å². The third-order valence-electron chi connectivity index (χ3n) is 3.81. The number of ether oxygens (including phenoxy) is 3. The molecule has 9 heteroatoms. The molecule has 3 aromatic rings. The summed E-state index contributed by atoms with van der Waals surface area (Å²) in [5.74, 6) is 0.0842. The van der Waals surface area contributed by atoms with E-state index in [1.54, 1.807) is 10.9 Å². The maximum absolute atomic E-state index is 6.04. The summed E-state index contributed by atoms with van der Waals surface area (Å²) < 4.78 is 18.9. The Morgan fingerprint density at radius 3 is 2.96 bits per heavy atom. The van der Waals surface area contributed by atoms with Crippen molar-refractivity contribution in [1.29, 1.82) is 0 Å². The Morgan fingerprint density at radius 2 is 2.12 bits per heavy atom. The first-order chi connectivity index (χ1) is 12.2. The monoisotopic (exact) mass is 361 g/mol. The molecule has 4 rings (SSSR count). The minimum atomic E-state index is -0.458. The van der Waals surface area contributed by atoms with Gasteiger partial charge in [0.1, 0.15) is 5.52 Å². The molecule has 0 saturated carbocycles. The molecule has 0 amide bonds. The largest absolute Gasteiger partial charge is 0.371 e. The lowest BCUT2D eigenvalue weighted by Gasteiger charge is -2.13. The van der Waals surface area contributed by atoms with Crippen LogP contribution in [0.15, 0.2) is 36.7 Å². The Morgan fingerprint density at radius 1 is 1.28 bits per heavy atom. The quantitative estimate of drug-likeness (QED) is 0.695. The van der Waals surface area contributed by atoms with E-state index in [-0.39, 0.29) is 17.3 Å². The normalized spacial score (nSPS) is 20.4. The fourth-order valence-electron chi connectivity index (χ4n) is 2.63. The van der Waals surface area contributed by atoms with Crippen molar-refractivity contribution in [3.8, 4) is 0 Å². The van der Waals surface area contributed by atoms with E-state index in [9.17, 15) is 0 Å². The Labute approximate surface area is 148 Å². The first-order valence-corrected chi connectivity index (χ1v) is 8.13. The minimum absolute atomic E-state index is 0.0842. The van der Waals surface area contributed by atoms with E-state index in [1.165, 1.54) is 0 Å². The van der Waals surface area contributed by atoms with Crippen molar-refractivity contribution in [1.82, 2.24) is 19.5 Å². The van der Waals surface area contributed by atoms with Crippen molar-refractivity contribution < 1.29 is 14.2 Å². The Kier molecular flexibility index (Phi) is 4.50. The lowest BCUT2D eigenvalue weighted by atomic mass is 10.2. The standard InChI is InChI=1S/C16H16ClN5O3/c17-14-13-15(21-16(18)20-14)22(9-19-13)11-7-24-12(25-11)8-23-6-10-4-2-1-3-5-10/h1-5,9,11-12H,6-8H2,(H2,18,20,21)/t11?,12-/m1/s1. The first-order valence-electron chi connectivity index (χ1n) is 7.75. The fraction of sp³-hybridized carbons (Fsp3) is 0.312. The van der Waals surface area contributed by atoms with Gasteiger partial charge < -0.3 is 19.9 Å². The van der Waals surface area contributed by atoms with E-state index in [2.05, 4.69) is 15.0 Å². The average molecular weight is 362 g/mol. The summed E-state index contributed by atoms with van der Waals surface area (Å²) >= 11 is 6.04. The third kappa shape index (κ3) is 3.42. The summed E-state index contributed by atoms with van der Waals surface area (Å²) in [6, 6.07) is 9.92. The smallest absolute Gasteiger partial charge is 0.223 e. The second kappa shape index (κ2) is 6.93. The molecular weight excluding hydrogens is 346 g/mol. The van der Waals surface area contributed by atoms with Crippen LogP contribution in [-0.4, -0.2) is 39.0 Å². The van der Waals surface area contributed by atoms with Crippen molar-refractivity contribution in [2.24, 2.45) is 0 Å². The maximum Gasteiger partial charge on any atom is 0.223 e. The molecular formula is C16H16ClN5O3. The van der Waals surface area contributed by atoms with Gasteiger partial charge in [-0.2, -0.15) is 9.97 Å². The first kappa shape index (κ1) is 16.2. The van der Waals surface area contributed by atoms with Crippen LogP contribution in [0.5, 0.6) is 0 Å². The number of aromatic nitrogens is 4. The molecule has 25 heavy (non-hydrogen) atoms. The average Bonchev–Trinajstić information content (AvgIpc) is 3.22. The van der Waals surface area contributed by atoms with E-state index in [4.69, 9.17) is 31.5 Å². The number of benzene rings is 1. The lowest BCUT2D eigenvalue weighted by molar-refractivity contribution is -0.117. The van der Waals surface area contributed by atoms with Gasteiger partial charge in [0.25, 0.3) is 0 Å². The highest BCUT2D eigenvalue weighted by molar-refractivity contribution is 6.33. The number of nitrogens with zero attached hydrogens (tertiary/aromatic N) is 4. The zero-order valence-corrected chi connectivity index (χ0v) is 14.0. The van der Waals surface area contributed by atoms with E-state index in [0.29, 0.717) is 31.0 Å². The number of hydrogen-bond donors (Lipinski definition) is 1. The van der Waals surface area contributed by atoms with Gasteiger partial charge in [0.15, 0.2) is 23.3 Å². The molecule has 0 spiro atoms. The molecule has 3 heterocycles. The molecule has 8 nitrogen and oxygen atoms in total. The Balaban J connectivity index is 1.39. The Hall–Kier alpha value is -2.26. The number of rotatable bonds is 5. The molecule has 2 atom stereocenters. The summed E-state index contributed by atoms with van der Waals surface area (Å²) in [5.41, 5.74) is 7.74. The number of hydrogen-bond acceptors (Lipinski definition) is 7. The zero-order chi connectivity index (χ0) is 17.2. The van der Waals surface area contributed by atoms with Gasteiger partial charge in [-0.05, 0) is 5.56 Å². The number of fused-ring (bicyclic) bond motifs is 1. The second-order valence-electron chi connectivity index (χ2n) is 5.55. The molecule has 0 radical (unpaired) electrons. The molecule has 1 unspecified atom stereocenters. The van der Waals surface area contributed by atoms with Crippen LogP contribution < -0.4 is 5.73 Å². The number of nitrogens with two attached hydrogens (primary N) is 1. The Bertz CT molecular complexity index is 873. The van der Waals surface area contributed by atoms with Gasteiger partial charge in [-0.25, -0.2) is 4.98 Å². The van der Waals surface area contributed by atoms with E-state index in [0.717, 1.165) is 5.56 Å². The van der Waals surface area contributed by atoms with Crippen LogP contribution in [0.1, 0.15) is 11.8 Å². The van der Waals surface area contributed by atoms with Crippen LogP contribution in [0.3, 0.4) is 0 Å². The van der Waals surface area contributed by atoms with Crippen LogP contribution in [0.4, 0.5) is 5.95 Å². The summed E-state index contributed by atoms with van der Waals surface area (Å²) in [5, 5.41) is 0.211. The predicted molar refractivity (Wildman–Crippen MR) is 90.7 cm³/mol. The summed E-state index contributed by atoms with van der Waals surface area (Å²) in [7, 11) is 0. The molecule has 2 aromatic heterocycles. The topological polar surface area (TPSA) is 97.3 Å². The van der Waals surface area contributed by atoms with Gasteiger partial charge in [-0.3, -0.25) is 4.57 Å². The maximum atomic E-state index is 6.04. The summed E-state index contributed by atoms with van der Waals surface area (Å²) in [6.07, 6.45) is 0.757. The molecule has 2 N–H and O–H groups in total. The van der Waals surface area contributed by atoms with Crippen LogP contribution in [0.2, 0.25) is 5.15 Å². The van der Waals surface area contributed by atoms with Crippen LogP contribution in [0, 0.1) is 0 Å². The fourth-order valence-corrected chi connectivity index (χ4v) is 2.85. The van der Waals surface area contributed by atoms with Crippen LogP contribution >= 0.6 is 11.6 Å². The molecule has 130 valence electrons. The second-order valence-corrected chi connectivity index (χ2v) is 5.91. The van der Waals surface area contributed by atoms with E-state index >= 15 is 0 Å². The highest BCUT2D eigenvalue weighted by Gasteiger charge is 2.29. The molecule has 1 aliphatic heterocycles. The van der Waals surface area contributed by atoms with Crippen molar-refractivity contribution in [3.05, 3.63) is 47.4 Å². The molecule has 1 aromatic carbocycles. The van der Waals surface area contributed by atoms with Gasteiger partial charge in [0, 0.05) is 0 Å². The van der Waals surface area contributed by atoms with Gasteiger partial charge in [0.2, 0.25) is 5.95 Å². The molecule has 1 fully saturated rings. The molecule has 0 bridgehead atoms. The molecule has 1 saturated heterocycles. The van der Waals surface area contributed by atoms with Crippen LogP contribution in [0.25, 0.3) is 11.2 Å². The number of nitrogen functional groups attached to an aromatic ring is 1. The van der Waals surface area contributed by atoms with Gasteiger partial charge in [0.05, 0.1) is 26.1 Å². The highest BCUT2D eigenvalue weighted by Crippen LogP contribution is 2.27. The minimum Gasteiger partial charge on any atom is -0.371 e. The van der Waals surface area contributed by atoms with E-state index in [1.807, 2.05) is 30.3 Å². The van der Waals surface area contributed by atoms with Gasteiger partial charge in [-0.1, -0.05) is 41.9 Å². The number of halogens is 1. The van der Waals surface area contributed by atoms with Crippen molar-refractivity contribution >= 4 is 28.7 Å². The van der Waals surface area contributed by atoms with Gasteiger partial charge in [-0.15, -0.1) is 0 Å². The molecule has 1 aliphatic rings. The SMILES string of the molecule is Nc1nc(Cl)c2ncn(C3CO[C@@H](COCc4ccccc4)O3)c2n1. The summed E-state index contributed by atoms with van der Waals surface area (Å²) in [6.45, 7) is 1.18. The summed E-state index contributed by atoms with van der Waals surface area (Å²) in [4.78, 5) is 12.3. The van der Waals surface area contributed by atoms with Crippen molar-refractivity contribution in [3.63, 3.8) is 0 Å². The number of anilines is 1. The van der Waals surface area contributed by atoms with Gasteiger partial charge >= 0.3 is 0 Å². The predicted octanol–water partition coefficient (Wildman–Crippen LogP) is 2.15. The lowest BCUT2D eigenvalue weighted by Crippen LogP contribution is -2.17. The third-order valence-corrected chi connectivity index (χ3v) is 4.07. The van der Waals surface area contributed by atoms with Crippen molar-refractivity contribution in [2.45, 2.75) is 19.1 Å². The molecule has 0 aliphatic carbocycles. The van der Waals surface area contributed by atoms with Crippen LogP contribution in [-0.2, 0) is 20.8 Å². The highest BCUT2D eigenvalue weighted by atomic mass is 35.5. The number of imidazole rings is 1. The van der Waals surface area contributed by atoms with E-state index < -0.39 is 6.29 Å². The zero-order valence-electron chi connectivity index (χ0n) is 13.2.